The molecule has 0 fully saturated rings. The van der Waals surface area contributed by atoms with Crippen molar-refractivity contribution in [1.29, 1.82) is 0 Å². The molecule has 90 valence electrons. The lowest BCUT2D eigenvalue weighted by atomic mass is 10.2. The number of carbonyl (C=O) groups excluding carboxylic acids is 2. The van der Waals surface area contributed by atoms with Gasteiger partial charge in [-0.1, -0.05) is 0 Å². The number of nitrogens with zero attached hydrogens (tertiary/aromatic N) is 1. The molecule has 2 heterocycles. The molecule has 2 rings (SSSR count). The van der Waals surface area contributed by atoms with Gasteiger partial charge in [-0.3, -0.25) is 14.5 Å². The van der Waals surface area contributed by atoms with E-state index in [0.29, 0.717) is 5.57 Å². The Morgan fingerprint density at radius 2 is 2.00 bits per heavy atom. The lowest BCUT2D eigenvalue weighted by Gasteiger charge is -2.22. The Balaban J connectivity index is 2.09. The predicted octanol–water partition coefficient (Wildman–Crippen LogP) is 2.30. The molecular formula is C13H15NO2S. The molecular weight excluding hydrogens is 234 g/mol. The topological polar surface area (TPSA) is 37.4 Å². The molecule has 1 aliphatic rings. The summed E-state index contributed by atoms with van der Waals surface area (Å²) in [5, 5.41) is 0. The van der Waals surface area contributed by atoms with Crippen molar-refractivity contribution in [3.8, 4) is 0 Å². The van der Waals surface area contributed by atoms with Crippen LogP contribution in [0.5, 0.6) is 0 Å². The summed E-state index contributed by atoms with van der Waals surface area (Å²) < 4.78 is 0. The van der Waals surface area contributed by atoms with Gasteiger partial charge >= 0.3 is 0 Å². The number of thiophene rings is 1. The van der Waals surface area contributed by atoms with E-state index in [2.05, 4.69) is 19.1 Å². The molecule has 0 spiro atoms. The highest BCUT2D eigenvalue weighted by Gasteiger charge is 2.32. The Hall–Kier alpha value is -1.42. The van der Waals surface area contributed by atoms with E-state index in [1.54, 1.807) is 18.3 Å². The lowest BCUT2D eigenvalue weighted by molar-refractivity contribution is -0.139. The third-order valence-corrected chi connectivity index (χ3v) is 3.89. The van der Waals surface area contributed by atoms with Crippen LogP contribution in [0.25, 0.3) is 0 Å². The fourth-order valence-electron chi connectivity index (χ4n) is 2.00. The van der Waals surface area contributed by atoms with Crippen molar-refractivity contribution in [2.45, 2.75) is 33.2 Å². The van der Waals surface area contributed by atoms with Crippen LogP contribution in [0.3, 0.4) is 0 Å². The van der Waals surface area contributed by atoms with Crippen LogP contribution < -0.4 is 0 Å². The first-order chi connectivity index (χ1) is 7.99. The fraction of sp³-hybridized carbons (Fsp3) is 0.385. The molecule has 2 amide bonds. The second-order valence-corrected chi connectivity index (χ2v) is 5.78. The lowest BCUT2D eigenvalue weighted by Crippen LogP contribution is -2.39. The molecule has 1 aromatic rings. The van der Waals surface area contributed by atoms with E-state index in [1.807, 2.05) is 6.92 Å². The van der Waals surface area contributed by atoms with E-state index < -0.39 is 0 Å². The molecule has 1 unspecified atom stereocenters. The standard InChI is InChI=1S/C13H15NO2S/c1-8-6-12(15)14(13(8)16)9(2)7-11-5-4-10(3)17-11/h4-6,9H,7H2,1-3H3. The Morgan fingerprint density at radius 1 is 1.29 bits per heavy atom. The average Bonchev–Trinajstić information content (AvgIpc) is 2.73. The molecule has 0 saturated carbocycles. The van der Waals surface area contributed by atoms with Gasteiger partial charge in [0.15, 0.2) is 0 Å². The summed E-state index contributed by atoms with van der Waals surface area (Å²) in [4.78, 5) is 27.3. The molecule has 4 heteroatoms. The van der Waals surface area contributed by atoms with Gasteiger partial charge in [0.05, 0.1) is 0 Å². The first-order valence-corrected chi connectivity index (χ1v) is 6.42. The number of carbonyl (C=O) groups is 2. The quantitative estimate of drug-likeness (QED) is 0.771. The molecule has 17 heavy (non-hydrogen) atoms. The van der Waals surface area contributed by atoms with Gasteiger partial charge in [0.2, 0.25) is 0 Å². The normalized spacial score (nSPS) is 17.6. The van der Waals surface area contributed by atoms with Gasteiger partial charge in [0, 0.05) is 33.9 Å². The van der Waals surface area contributed by atoms with Crippen molar-refractivity contribution in [2.24, 2.45) is 0 Å². The summed E-state index contributed by atoms with van der Waals surface area (Å²) >= 11 is 1.71. The van der Waals surface area contributed by atoms with Crippen LogP contribution in [0.15, 0.2) is 23.8 Å². The highest BCUT2D eigenvalue weighted by molar-refractivity contribution is 7.11. The van der Waals surface area contributed by atoms with Gasteiger partial charge in [-0.05, 0) is 32.9 Å². The molecule has 1 atom stereocenters. The molecule has 0 aromatic carbocycles. The SMILES string of the molecule is CC1=CC(=O)N(C(C)Cc2ccc(C)s2)C1=O. The minimum atomic E-state index is -0.187. The molecule has 0 saturated heterocycles. The maximum Gasteiger partial charge on any atom is 0.256 e. The second-order valence-electron chi connectivity index (χ2n) is 4.41. The van der Waals surface area contributed by atoms with E-state index in [9.17, 15) is 9.59 Å². The maximum absolute atomic E-state index is 11.8. The third-order valence-electron chi connectivity index (χ3n) is 2.87. The van der Waals surface area contributed by atoms with Crippen molar-refractivity contribution >= 4 is 23.2 Å². The summed E-state index contributed by atoms with van der Waals surface area (Å²) in [5.74, 6) is -0.343. The Labute approximate surface area is 105 Å². The zero-order chi connectivity index (χ0) is 12.6. The average molecular weight is 249 g/mol. The minimum absolute atomic E-state index is 0.0817. The Bertz CT molecular complexity index is 501. The van der Waals surface area contributed by atoms with Crippen LogP contribution in [0, 0.1) is 6.92 Å². The van der Waals surface area contributed by atoms with Gasteiger partial charge in [-0.25, -0.2) is 0 Å². The zero-order valence-electron chi connectivity index (χ0n) is 10.2. The van der Waals surface area contributed by atoms with Crippen molar-refractivity contribution in [3.05, 3.63) is 33.5 Å². The first kappa shape index (κ1) is 12.0. The third kappa shape index (κ3) is 2.31. The highest BCUT2D eigenvalue weighted by atomic mass is 32.1. The Kier molecular flexibility index (Phi) is 3.15. The smallest absolute Gasteiger partial charge is 0.256 e. The number of imide groups is 1. The summed E-state index contributed by atoms with van der Waals surface area (Å²) in [5.41, 5.74) is 0.532. The number of hydrogen-bond donors (Lipinski definition) is 0. The van der Waals surface area contributed by atoms with Crippen molar-refractivity contribution in [2.75, 3.05) is 0 Å². The summed E-state index contributed by atoms with van der Waals surface area (Å²) in [6, 6.07) is 4.04. The first-order valence-electron chi connectivity index (χ1n) is 5.60. The highest BCUT2D eigenvalue weighted by Crippen LogP contribution is 2.21. The predicted molar refractivity (Wildman–Crippen MR) is 67.8 cm³/mol. The van der Waals surface area contributed by atoms with Crippen LogP contribution >= 0.6 is 11.3 Å². The maximum atomic E-state index is 11.8. The van der Waals surface area contributed by atoms with E-state index in [0.717, 1.165) is 6.42 Å². The number of amides is 2. The number of hydrogen-bond acceptors (Lipinski definition) is 3. The van der Waals surface area contributed by atoms with Crippen LogP contribution in [0.1, 0.15) is 23.6 Å². The fourth-order valence-corrected chi connectivity index (χ4v) is 3.01. The molecule has 0 bridgehead atoms. The van der Waals surface area contributed by atoms with Gasteiger partial charge in [0.25, 0.3) is 11.8 Å². The van der Waals surface area contributed by atoms with E-state index >= 15 is 0 Å². The van der Waals surface area contributed by atoms with Crippen LogP contribution in [-0.4, -0.2) is 22.8 Å². The van der Waals surface area contributed by atoms with E-state index in [4.69, 9.17) is 0 Å². The zero-order valence-corrected chi connectivity index (χ0v) is 11.0. The molecule has 3 nitrogen and oxygen atoms in total. The second kappa shape index (κ2) is 4.45. The molecule has 0 radical (unpaired) electrons. The Morgan fingerprint density at radius 3 is 2.47 bits per heavy atom. The van der Waals surface area contributed by atoms with Crippen LogP contribution in [0.2, 0.25) is 0 Å². The molecule has 0 N–H and O–H groups in total. The van der Waals surface area contributed by atoms with Gasteiger partial charge in [-0.15, -0.1) is 11.3 Å². The molecule has 0 aliphatic carbocycles. The van der Waals surface area contributed by atoms with Gasteiger partial charge in [0.1, 0.15) is 0 Å². The van der Waals surface area contributed by atoms with E-state index in [-0.39, 0.29) is 17.9 Å². The largest absolute Gasteiger partial charge is 0.272 e. The van der Waals surface area contributed by atoms with Crippen LogP contribution in [-0.2, 0) is 16.0 Å². The van der Waals surface area contributed by atoms with Gasteiger partial charge < -0.3 is 0 Å². The summed E-state index contributed by atoms with van der Waals surface area (Å²) in [6.07, 6.45) is 2.15. The van der Waals surface area contributed by atoms with Crippen LogP contribution in [0.4, 0.5) is 0 Å². The van der Waals surface area contributed by atoms with Crippen molar-refractivity contribution < 1.29 is 9.59 Å². The van der Waals surface area contributed by atoms with Gasteiger partial charge in [-0.2, -0.15) is 0 Å². The minimum Gasteiger partial charge on any atom is -0.272 e. The summed E-state index contributed by atoms with van der Waals surface area (Å²) in [7, 11) is 0. The summed E-state index contributed by atoms with van der Waals surface area (Å²) in [6.45, 7) is 5.65. The number of aryl methyl sites for hydroxylation is 1. The van der Waals surface area contributed by atoms with Crippen molar-refractivity contribution in [1.82, 2.24) is 4.90 Å². The van der Waals surface area contributed by atoms with E-state index in [1.165, 1.54) is 20.7 Å². The molecule has 1 aromatic heterocycles. The van der Waals surface area contributed by atoms with Crippen molar-refractivity contribution in [3.63, 3.8) is 0 Å². The number of rotatable bonds is 3. The molecule has 1 aliphatic heterocycles. The monoisotopic (exact) mass is 249 g/mol.